The Labute approximate surface area is 119 Å². The Kier molecular flexibility index (Phi) is 4.08. The summed E-state index contributed by atoms with van der Waals surface area (Å²) in [5, 5.41) is 9.14. The zero-order valence-corrected chi connectivity index (χ0v) is 11.0. The van der Waals surface area contributed by atoms with Crippen molar-refractivity contribution in [1.29, 1.82) is 5.26 Å². The van der Waals surface area contributed by atoms with Crippen LogP contribution in [-0.2, 0) is 0 Å². The third-order valence-electron chi connectivity index (χ3n) is 3.07. The summed E-state index contributed by atoms with van der Waals surface area (Å²) >= 11 is 0. The van der Waals surface area contributed by atoms with Gasteiger partial charge in [0.1, 0.15) is 23.4 Å². The summed E-state index contributed by atoms with van der Waals surface area (Å²) < 4.78 is 39.7. The summed E-state index contributed by atoms with van der Waals surface area (Å²) in [6, 6.07) is 7.81. The molecule has 0 heterocycles. The molecular formula is C16H10F3NO. The molecule has 1 atom stereocenters. The number of carbonyl (C=O) groups is 1. The lowest BCUT2D eigenvalue weighted by molar-refractivity contribution is 0.0977. The van der Waals surface area contributed by atoms with E-state index in [0.29, 0.717) is 11.6 Å². The van der Waals surface area contributed by atoms with E-state index in [4.69, 9.17) is 5.26 Å². The summed E-state index contributed by atoms with van der Waals surface area (Å²) in [5.41, 5.74) is 0.411. The van der Waals surface area contributed by atoms with Gasteiger partial charge in [0.2, 0.25) is 0 Å². The summed E-state index contributed by atoms with van der Waals surface area (Å²) in [6.45, 7) is 1.59. The molecule has 0 saturated heterocycles. The molecule has 0 N–H and O–H groups in total. The summed E-state index contributed by atoms with van der Waals surface area (Å²) in [5.74, 6) is -4.47. The third-order valence-corrected chi connectivity index (χ3v) is 3.07. The molecule has 0 bridgehead atoms. The zero-order chi connectivity index (χ0) is 15.6. The van der Waals surface area contributed by atoms with E-state index in [1.807, 2.05) is 0 Å². The number of Topliss-reactive ketones (excluding diaryl/α,β-unsaturated/α-hetero) is 1. The second kappa shape index (κ2) is 5.80. The monoisotopic (exact) mass is 289 g/mol. The summed E-state index contributed by atoms with van der Waals surface area (Å²) in [4.78, 5) is 12.3. The standard InChI is InChI=1S/C16H10F3NO/c1-9-2-3-11(17)7-14(9)16(21)15(8-20)10-4-12(18)6-13(19)5-10/h2-7,15H,1H3. The highest BCUT2D eigenvalue weighted by atomic mass is 19.1. The molecule has 0 fully saturated rings. The van der Waals surface area contributed by atoms with Gasteiger partial charge >= 0.3 is 0 Å². The fraction of sp³-hybridized carbons (Fsp3) is 0.125. The number of ketones is 1. The molecule has 2 nitrogen and oxygen atoms in total. The first-order chi connectivity index (χ1) is 9.92. The van der Waals surface area contributed by atoms with E-state index in [-0.39, 0.29) is 11.1 Å². The van der Waals surface area contributed by atoms with Crippen LogP contribution in [0.4, 0.5) is 13.2 Å². The van der Waals surface area contributed by atoms with E-state index < -0.39 is 29.2 Å². The Hall–Kier alpha value is -2.61. The van der Waals surface area contributed by atoms with Crippen molar-refractivity contribution in [1.82, 2.24) is 0 Å². The van der Waals surface area contributed by atoms with E-state index in [2.05, 4.69) is 0 Å². The molecule has 0 spiro atoms. The van der Waals surface area contributed by atoms with Gasteiger partial charge in [0, 0.05) is 11.6 Å². The molecule has 0 radical (unpaired) electrons. The molecule has 5 heteroatoms. The van der Waals surface area contributed by atoms with E-state index in [1.165, 1.54) is 12.1 Å². The first kappa shape index (κ1) is 14.8. The molecular weight excluding hydrogens is 279 g/mol. The minimum absolute atomic E-state index is 0.0196. The Morgan fingerprint density at radius 2 is 1.67 bits per heavy atom. The van der Waals surface area contributed by atoms with Gasteiger partial charge in [0.25, 0.3) is 0 Å². The lowest BCUT2D eigenvalue weighted by Gasteiger charge is -2.11. The molecule has 0 aliphatic heterocycles. The van der Waals surface area contributed by atoms with Crippen molar-refractivity contribution in [2.45, 2.75) is 12.8 Å². The largest absolute Gasteiger partial charge is 0.292 e. The van der Waals surface area contributed by atoms with Crippen LogP contribution in [0.5, 0.6) is 0 Å². The Morgan fingerprint density at radius 1 is 1.05 bits per heavy atom. The number of nitrogens with zero attached hydrogens (tertiary/aromatic N) is 1. The fourth-order valence-corrected chi connectivity index (χ4v) is 2.04. The minimum Gasteiger partial charge on any atom is -0.292 e. The van der Waals surface area contributed by atoms with Gasteiger partial charge in [-0.3, -0.25) is 4.79 Å². The molecule has 2 aromatic carbocycles. The molecule has 1 unspecified atom stereocenters. The van der Waals surface area contributed by atoms with Crippen LogP contribution in [0.3, 0.4) is 0 Å². The molecule has 0 aromatic heterocycles. The lowest BCUT2D eigenvalue weighted by Crippen LogP contribution is -2.13. The molecule has 2 rings (SSSR count). The number of rotatable bonds is 3. The van der Waals surface area contributed by atoms with E-state index in [9.17, 15) is 18.0 Å². The Balaban J connectivity index is 2.48. The number of benzene rings is 2. The first-order valence-corrected chi connectivity index (χ1v) is 6.08. The number of carbonyl (C=O) groups excluding carboxylic acids is 1. The van der Waals surface area contributed by atoms with Crippen LogP contribution in [0.15, 0.2) is 36.4 Å². The SMILES string of the molecule is Cc1ccc(F)cc1C(=O)C(C#N)c1cc(F)cc(F)c1. The predicted octanol–water partition coefficient (Wildman–Crippen LogP) is 3.90. The van der Waals surface area contributed by atoms with Gasteiger partial charge in [-0.1, -0.05) is 6.07 Å². The lowest BCUT2D eigenvalue weighted by atomic mass is 9.90. The van der Waals surface area contributed by atoms with Crippen molar-refractivity contribution in [3.8, 4) is 6.07 Å². The van der Waals surface area contributed by atoms with Gasteiger partial charge in [-0.2, -0.15) is 5.26 Å². The van der Waals surface area contributed by atoms with Gasteiger partial charge < -0.3 is 0 Å². The van der Waals surface area contributed by atoms with Crippen molar-refractivity contribution in [3.05, 3.63) is 70.5 Å². The van der Waals surface area contributed by atoms with E-state index in [0.717, 1.165) is 18.2 Å². The second-order valence-electron chi connectivity index (χ2n) is 4.59. The number of hydrogen-bond acceptors (Lipinski definition) is 2. The number of halogens is 3. The Bertz CT molecular complexity index is 729. The molecule has 0 aliphatic rings. The van der Waals surface area contributed by atoms with Crippen LogP contribution in [-0.4, -0.2) is 5.78 Å². The highest BCUT2D eigenvalue weighted by molar-refractivity contribution is 6.03. The van der Waals surface area contributed by atoms with Crippen molar-refractivity contribution < 1.29 is 18.0 Å². The topological polar surface area (TPSA) is 40.9 Å². The predicted molar refractivity (Wildman–Crippen MR) is 70.2 cm³/mol. The van der Waals surface area contributed by atoms with Crippen molar-refractivity contribution >= 4 is 5.78 Å². The van der Waals surface area contributed by atoms with Crippen molar-refractivity contribution in [2.75, 3.05) is 0 Å². The van der Waals surface area contributed by atoms with Gasteiger partial charge in [0.05, 0.1) is 6.07 Å². The number of aryl methyl sites for hydroxylation is 1. The average Bonchev–Trinajstić information content (AvgIpc) is 2.41. The number of nitriles is 1. The first-order valence-electron chi connectivity index (χ1n) is 6.08. The molecule has 2 aromatic rings. The minimum atomic E-state index is -1.39. The van der Waals surface area contributed by atoms with Crippen LogP contribution in [0, 0.1) is 35.7 Å². The zero-order valence-electron chi connectivity index (χ0n) is 11.0. The van der Waals surface area contributed by atoms with Crippen molar-refractivity contribution in [2.24, 2.45) is 0 Å². The van der Waals surface area contributed by atoms with E-state index in [1.54, 1.807) is 13.0 Å². The molecule has 0 amide bonds. The van der Waals surface area contributed by atoms with E-state index >= 15 is 0 Å². The summed E-state index contributed by atoms with van der Waals surface area (Å²) in [6.07, 6.45) is 0. The maximum atomic E-state index is 13.3. The maximum Gasteiger partial charge on any atom is 0.184 e. The van der Waals surface area contributed by atoms with Crippen LogP contribution >= 0.6 is 0 Å². The van der Waals surface area contributed by atoms with Gasteiger partial charge in [-0.15, -0.1) is 0 Å². The van der Waals surface area contributed by atoms with Crippen LogP contribution < -0.4 is 0 Å². The van der Waals surface area contributed by atoms with Gasteiger partial charge in [-0.25, -0.2) is 13.2 Å². The van der Waals surface area contributed by atoms with Gasteiger partial charge in [-0.05, 0) is 42.3 Å². The normalized spacial score (nSPS) is 11.8. The highest BCUT2D eigenvalue weighted by Gasteiger charge is 2.24. The molecule has 21 heavy (non-hydrogen) atoms. The smallest absolute Gasteiger partial charge is 0.184 e. The molecule has 106 valence electrons. The Morgan fingerprint density at radius 3 is 2.24 bits per heavy atom. The maximum absolute atomic E-state index is 13.3. The highest BCUT2D eigenvalue weighted by Crippen LogP contribution is 2.24. The van der Waals surface area contributed by atoms with Crippen LogP contribution in [0.25, 0.3) is 0 Å². The second-order valence-corrected chi connectivity index (χ2v) is 4.59. The molecule has 0 saturated carbocycles. The number of hydrogen-bond donors (Lipinski definition) is 0. The average molecular weight is 289 g/mol. The molecule has 0 aliphatic carbocycles. The summed E-state index contributed by atoms with van der Waals surface area (Å²) in [7, 11) is 0. The van der Waals surface area contributed by atoms with Crippen LogP contribution in [0.2, 0.25) is 0 Å². The fourth-order valence-electron chi connectivity index (χ4n) is 2.04. The van der Waals surface area contributed by atoms with Crippen LogP contribution in [0.1, 0.15) is 27.4 Å². The quantitative estimate of drug-likeness (QED) is 0.804. The third kappa shape index (κ3) is 3.11. The van der Waals surface area contributed by atoms with Crippen molar-refractivity contribution in [3.63, 3.8) is 0 Å². The van der Waals surface area contributed by atoms with Gasteiger partial charge in [0.15, 0.2) is 5.78 Å².